The fourth-order valence-electron chi connectivity index (χ4n) is 3.03. The standard InChI is InChI=1S/C17H18N2O2/c1-12-14(9-10-16(20)18-12)15-8-5-11-19(15)17(21)13-6-3-2-4-7-13/h2-4,6-7,9-10,15H,5,8,11H2,1H3,(H,18,20)/t15-/m1/s1. The number of hydrogen-bond acceptors (Lipinski definition) is 2. The maximum Gasteiger partial charge on any atom is 0.254 e. The van der Waals surface area contributed by atoms with E-state index >= 15 is 0 Å². The summed E-state index contributed by atoms with van der Waals surface area (Å²) in [5.41, 5.74) is 2.50. The van der Waals surface area contributed by atoms with Crippen molar-refractivity contribution in [2.45, 2.75) is 25.8 Å². The topological polar surface area (TPSA) is 53.2 Å². The molecule has 1 aliphatic rings. The molecule has 1 fully saturated rings. The third kappa shape index (κ3) is 2.61. The fraction of sp³-hybridized carbons (Fsp3) is 0.294. The summed E-state index contributed by atoms with van der Waals surface area (Å²) < 4.78 is 0. The SMILES string of the molecule is Cc1[nH]c(=O)ccc1[C@H]1CCCN1C(=O)c1ccccc1. The maximum absolute atomic E-state index is 12.7. The molecule has 108 valence electrons. The van der Waals surface area contributed by atoms with Gasteiger partial charge in [0.15, 0.2) is 0 Å². The van der Waals surface area contributed by atoms with Crippen molar-refractivity contribution in [3.63, 3.8) is 0 Å². The molecule has 3 rings (SSSR count). The van der Waals surface area contributed by atoms with Crippen molar-refractivity contribution in [3.05, 3.63) is 69.6 Å². The van der Waals surface area contributed by atoms with E-state index in [2.05, 4.69) is 4.98 Å². The second-order valence-electron chi connectivity index (χ2n) is 5.43. The quantitative estimate of drug-likeness (QED) is 0.920. The zero-order valence-electron chi connectivity index (χ0n) is 12.0. The third-order valence-corrected chi connectivity index (χ3v) is 4.05. The van der Waals surface area contributed by atoms with Gasteiger partial charge in [0.1, 0.15) is 0 Å². The van der Waals surface area contributed by atoms with Gasteiger partial charge in [-0.25, -0.2) is 0 Å². The van der Waals surface area contributed by atoms with Gasteiger partial charge in [-0.1, -0.05) is 18.2 Å². The zero-order valence-corrected chi connectivity index (χ0v) is 12.0. The first-order chi connectivity index (χ1) is 10.2. The minimum atomic E-state index is -0.102. The largest absolute Gasteiger partial charge is 0.332 e. The van der Waals surface area contributed by atoms with Gasteiger partial charge in [0.05, 0.1) is 6.04 Å². The van der Waals surface area contributed by atoms with Crippen LogP contribution >= 0.6 is 0 Å². The van der Waals surface area contributed by atoms with E-state index in [0.29, 0.717) is 5.56 Å². The molecule has 2 aromatic rings. The highest BCUT2D eigenvalue weighted by Crippen LogP contribution is 2.33. The monoisotopic (exact) mass is 282 g/mol. The lowest BCUT2D eigenvalue weighted by Gasteiger charge is -2.26. The number of nitrogens with one attached hydrogen (secondary N) is 1. The minimum absolute atomic E-state index is 0.0505. The van der Waals surface area contributed by atoms with Crippen LogP contribution in [0, 0.1) is 6.92 Å². The van der Waals surface area contributed by atoms with Crippen LogP contribution in [0.4, 0.5) is 0 Å². The molecule has 0 bridgehead atoms. The number of pyridine rings is 1. The number of aromatic nitrogens is 1. The Morgan fingerprint density at radius 2 is 1.95 bits per heavy atom. The lowest BCUT2D eigenvalue weighted by atomic mass is 10.0. The lowest BCUT2D eigenvalue weighted by Crippen LogP contribution is -2.31. The predicted molar refractivity (Wildman–Crippen MR) is 81.3 cm³/mol. The summed E-state index contributed by atoms with van der Waals surface area (Å²) in [6.45, 7) is 2.65. The Balaban J connectivity index is 1.92. The van der Waals surface area contributed by atoms with E-state index in [1.165, 1.54) is 6.07 Å². The van der Waals surface area contributed by atoms with Crippen LogP contribution in [0.25, 0.3) is 0 Å². The van der Waals surface area contributed by atoms with Gasteiger partial charge in [0.25, 0.3) is 5.91 Å². The van der Waals surface area contributed by atoms with Crippen LogP contribution in [-0.2, 0) is 0 Å². The number of carbonyl (C=O) groups is 1. The Bertz CT molecular complexity index is 706. The summed E-state index contributed by atoms with van der Waals surface area (Å²) >= 11 is 0. The molecule has 0 spiro atoms. The smallest absolute Gasteiger partial charge is 0.254 e. The summed E-state index contributed by atoms with van der Waals surface area (Å²) in [6, 6.07) is 12.8. The number of benzene rings is 1. The molecule has 21 heavy (non-hydrogen) atoms. The molecular formula is C17H18N2O2. The van der Waals surface area contributed by atoms with Gasteiger partial charge in [-0.3, -0.25) is 9.59 Å². The number of amides is 1. The van der Waals surface area contributed by atoms with Crippen molar-refractivity contribution in [3.8, 4) is 0 Å². The molecule has 1 amide bonds. The Morgan fingerprint density at radius 3 is 2.67 bits per heavy atom. The van der Waals surface area contributed by atoms with Crippen LogP contribution in [0.15, 0.2) is 47.3 Å². The van der Waals surface area contributed by atoms with Crippen LogP contribution in [-0.4, -0.2) is 22.3 Å². The fourth-order valence-corrected chi connectivity index (χ4v) is 3.03. The molecule has 1 aromatic carbocycles. The average Bonchev–Trinajstić information content (AvgIpc) is 2.96. The number of aryl methyl sites for hydroxylation is 1. The summed E-state index contributed by atoms with van der Waals surface area (Å²) in [6.07, 6.45) is 1.92. The van der Waals surface area contributed by atoms with Gasteiger partial charge in [0, 0.05) is 23.9 Å². The highest BCUT2D eigenvalue weighted by atomic mass is 16.2. The van der Waals surface area contributed by atoms with E-state index < -0.39 is 0 Å². The van der Waals surface area contributed by atoms with Crippen molar-refractivity contribution in [2.75, 3.05) is 6.54 Å². The van der Waals surface area contributed by atoms with Crippen molar-refractivity contribution in [1.29, 1.82) is 0 Å². The second kappa shape index (κ2) is 5.56. The Labute approximate surface area is 123 Å². The van der Waals surface area contributed by atoms with Crippen molar-refractivity contribution in [1.82, 2.24) is 9.88 Å². The lowest BCUT2D eigenvalue weighted by molar-refractivity contribution is 0.0735. The minimum Gasteiger partial charge on any atom is -0.332 e. The summed E-state index contributed by atoms with van der Waals surface area (Å²) in [5.74, 6) is 0.0590. The molecule has 0 radical (unpaired) electrons. The molecule has 1 aliphatic heterocycles. The van der Waals surface area contributed by atoms with Crippen molar-refractivity contribution in [2.24, 2.45) is 0 Å². The Hall–Kier alpha value is -2.36. The normalized spacial score (nSPS) is 18.0. The Kier molecular flexibility index (Phi) is 3.60. The second-order valence-corrected chi connectivity index (χ2v) is 5.43. The maximum atomic E-state index is 12.7. The average molecular weight is 282 g/mol. The molecule has 0 saturated carbocycles. The van der Waals surface area contributed by atoms with Gasteiger partial charge in [-0.15, -0.1) is 0 Å². The van der Waals surface area contributed by atoms with Gasteiger partial charge < -0.3 is 9.88 Å². The highest BCUT2D eigenvalue weighted by molar-refractivity contribution is 5.94. The van der Waals surface area contributed by atoms with E-state index in [1.54, 1.807) is 0 Å². The molecule has 2 heterocycles. The number of hydrogen-bond donors (Lipinski definition) is 1. The van der Waals surface area contributed by atoms with E-state index in [4.69, 9.17) is 0 Å². The first kappa shape index (κ1) is 13.6. The summed E-state index contributed by atoms with van der Waals surface area (Å²) in [4.78, 5) is 28.8. The molecule has 1 N–H and O–H groups in total. The summed E-state index contributed by atoms with van der Waals surface area (Å²) in [5, 5.41) is 0. The zero-order chi connectivity index (χ0) is 14.8. The van der Waals surface area contributed by atoms with Crippen LogP contribution in [0.2, 0.25) is 0 Å². The van der Waals surface area contributed by atoms with Crippen LogP contribution < -0.4 is 5.56 Å². The first-order valence-corrected chi connectivity index (χ1v) is 7.22. The van der Waals surface area contributed by atoms with Crippen LogP contribution in [0.5, 0.6) is 0 Å². The van der Waals surface area contributed by atoms with E-state index in [-0.39, 0.29) is 17.5 Å². The molecule has 1 atom stereocenters. The van der Waals surface area contributed by atoms with E-state index in [9.17, 15) is 9.59 Å². The van der Waals surface area contributed by atoms with Gasteiger partial charge in [0.2, 0.25) is 5.56 Å². The van der Waals surface area contributed by atoms with Gasteiger partial charge >= 0.3 is 0 Å². The van der Waals surface area contributed by atoms with Crippen LogP contribution in [0.3, 0.4) is 0 Å². The van der Waals surface area contributed by atoms with E-state index in [0.717, 1.165) is 30.6 Å². The number of aromatic amines is 1. The number of nitrogens with zero attached hydrogens (tertiary/aromatic N) is 1. The van der Waals surface area contributed by atoms with Crippen molar-refractivity contribution < 1.29 is 4.79 Å². The number of rotatable bonds is 2. The predicted octanol–water partition coefficient (Wildman–Crippen LogP) is 2.66. The van der Waals surface area contributed by atoms with E-state index in [1.807, 2.05) is 48.2 Å². The molecule has 4 nitrogen and oxygen atoms in total. The van der Waals surface area contributed by atoms with Gasteiger partial charge in [-0.05, 0) is 43.5 Å². The third-order valence-electron chi connectivity index (χ3n) is 4.05. The molecular weight excluding hydrogens is 264 g/mol. The highest BCUT2D eigenvalue weighted by Gasteiger charge is 2.31. The van der Waals surface area contributed by atoms with Crippen LogP contribution in [0.1, 0.15) is 40.5 Å². The first-order valence-electron chi connectivity index (χ1n) is 7.22. The molecule has 0 aliphatic carbocycles. The molecule has 1 aromatic heterocycles. The summed E-state index contributed by atoms with van der Waals surface area (Å²) in [7, 11) is 0. The number of likely N-dealkylation sites (tertiary alicyclic amines) is 1. The number of carbonyl (C=O) groups excluding carboxylic acids is 1. The van der Waals surface area contributed by atoms with Gasteiger partial charge in [-0.2, -0.15) is 0 Å². The molecule has 4 heteroatoms. The molecule has 1 saturated heterocycles. The number of H-pyrrole nitrogens is 1. The Morgan fingerprint density at radius 1 is 1.19 bits per heavy atom. The molecule has 0 unspecified atom stereocenters. The van der Waals surface area contributed by atoms with Crippen molar-refractivity contribution >= 4 is 5.91 Å².